The van der Waals surface area contributed by atoms with Gasteiger partial charge in [0.1, 0.15) is 17.9 Å². The average Bonchev–Trinajstić information content (AvgIpc) is 3.15. The summed E-state index contributed by atoms with van der Waals surface area (Å²) in [6.07, 6.45) is 2.05. The van der Waals surface area contributed by atoms with Crippen LogP contribution in [0.2, 0.25) is 0 Å². The zero-order chi connectivity index (χ0) is 20.1. The lowest BCUT2D eigenvalue weighted by atomic mass is 9.96. The molecule has 1 fully saturated rings. The van der Waals surface area contributed by atoms with Crippen molar-refractivity contribution in [3.05, 3.63) is 65.9 Å². The van der Waals surface area contributed by atoms with Gasteiger partial charge in [-0.05, 0) is 50.0 Å². The largest absolute Gasteiger partial charge is 0.489 e. The predicted molar refractivity (Wildman–Crippen MR) is 121 cm³/mol. The van der Waals surface area contributed by atoms with E-state index in [2.05, 4.69) is 12.2 Å². The van der Waals surface area contributed by atoms with Crippen LogP contribution < -0.4 is 10.1 Å². The van der Waals surface area contributed by atoms with E-state index in [-0.39, 0.29) is 18.3 Å². The summed E-state index contributed by atoms with van der Waals surface area (Å²) in [6.45, 7) is 5.98. The summed E-state index contributed by atoms with van der Waals surface area (Å²) in [5, 5.41) is 4.35. The third kappa shape index (κ3) is 4.97. The van der Waals surface area contributed by atoms with E-state index in [1.807, 2.05) is 59.5 Å². The molecule has 1 N–H and O–H groups in total. The minimum Gasteiger partial charge on any atom is -0.489 e. The molecular weight excluding hydrogens is 400 g/mol. The highest BCUT2D eigenvalue weighted by molar-refractivity contribution is 5.99. The van der Waals surface area contributed by atoms with E-state index in [1.54, 1.807) is 0 Å². The molecule has 0 unspecified atom stereocenters. The Hall–Kier alpha value is -2.50. The normalized spacial score (nSPS) is 14.5. The number of benzene rings is 2. The smallest absolute Gasteiger partial charge is 0.290 e. The number of nitrogens with zero attached hydrogens (tertiary/aromatic N) is 1. The van der Waals surface area contributed by atoms with Gasteiger partial charge in [0.15, 0.2) is 5.76 Å². The molecular formula is C24H29ClN2O3. The number of carbonyl (C=O) groups excluding carboxylic acids is 1. The molecule has 0 atom stereocenters. The number of furan rings is 1. The lowest BCUT2D eigenvalue weighted by Gasteiger charge is -2.31. The van der Waals surface area contributed by atoms with Crippen LogP contribution in [0, 0.1) is 5.92 Å². The first kappa shape index (κ1) is 22.2. The van der Waals surface area contributed by atoms with Crippen molar-refractivity contribution in [2.24, 2.45) is 5.92 Å². The molecule has 6 heteroatoms. The molecule has 0 aliphatic carbocycles. The van der Waals surface area contributed by atoms with E-state index in [4.69, 9.17) is 9.15 Å². The molecule has 1 amide bonds. The fraction of sp³-hybridized carbons (Fsp3) is 0.375. The molecule has 5 nitrogen and oxygen atoms in total. The molecule has 0 saturated carbocycles. The van der Waals surface area contributed by atoms with Crippen LogP contribution in [0.1, 0.15) is 35.9 Å². The molecule has 2 aromatic carbocycles. The van der Waals surface area contributed by atoms with Crippen LogP contribution in [0.5, 0.6) is 5.75 Å². The maximum Gasteiger partial charge on any atom is 0.290 e. The Balaban J connectivity index is 0.00000256. The van der Waals surface area contributed by atoms with Crippen molar-refractivity contribution in [3.63, 3.8) is 0 Å². The van der Waals surface area contributed by atoms with Crippen molar-refractivity contribution in [1.82, 2.24) is 10.2 Å². The van der Waals surface area contributed by atoms with Crippen LogP contribution in [0.25, 0.3) is 11.0 Å². The summed E-state index contributed by atoms with van der Waals surface area (Å²) >= 11 is 0. The molecule has 2 heterocycles. The number of piperidine rings is 1. The Morgan fingerprint density at radius 1 is 1.10 bits per heavy atom. The topological polar surface area (TPSA) is 54.7 Å². The number of hydrogen-bond acceptors (Lipinski definition) is 4. The molecule has 0 bridgehead atoms. The average molecular weight is 429 g/mol. The van der Waals surface area contributed by atoms with Crippen LogP contribution in [-0.4, -0.2) is 37.0 Å². The summed E-state index contributed by atoms with van der Waals surface area (Å²) in [4.78, 5) is 15.2. The number of fused-ring (bicyclic) bond motifs is 1. The van der Waals surface area contributed by atoms with Crippen molar-refractivity contribution in [2.45, 2.75) is 26.4 Å². The quantitative estimate of drug-likeness (QED) is 0.581. The van der Waals surface area contributed by atoms with Crippen LogP contribution in [0.3, 0.4) is 0 Å². The van der Waals surface area contributed by atoms with Gasteiger partial charge in [0.25, 0.3) is 5.91 Å². The van der Waals surface area contributed by atoms with Crippen molar-refractivity contribution in [1.29, 1.82) is 0 Å². The molecule has 4 rings (SSSR count). The minimum atomic E-state index is -0.0326. The second-order valence-corrected chi connectivity index (χ2v) is 7.55. The summed E-state index contributed by atoms with van der Waals surface area (Å²) < 4.78 is 12.0. The van der Waals surface area contributed by atoms with Crippen molar-refractivity contribution in [3.8, 4) is 5.75 Å². The monoisotopic (exact) mass is 428 g/mol. The van der Waals surface area contributed by atoms with E-state index < -0.39 is 0 Å². The van der Waals surface area contributed by atoms with Crippen LogP contribution in [0.15, 0.2) is 59.0 Å². The van der Waals surface area contributed by atoms with Gasteiger partial charge in [-0.15, -0.1) is 12.4 Å². The molecule has 1 aliphatic rings. The molecule has 3 aromatic rings. The Morgan fingerprint density at radius 3 is 2.53 bits per heavy atom. The second-order valence-electron chi connectivity index (χ2n) is 7.55. The van der Waals surface area contributed by atoms with Crippen LogP contribution >= 0.6 is 12.4 Å². The number of likely N-dealkylation sites (tertiary alicyclic amines) is 1. The van der Waals surface area contributed by atoms with E-state index in [0.717, 1.165) is 61.3 Å². The summed E-state index contributed by atoms with van der Waals surface area (Å²) in [5.74, 6) is 1.79. The lowest BCUT2D eigenvalue weighted by molar-refractivity contribution is 0.0657. The highest BCUT2D eigenvalue weighted by atomic mass is 35.5. The van der Waals surface area contributed by atoms with Crippen molar-refractivity contribution in [2.75, 3.05) is 26.2 Å². The predicted octanol–water partition coefficient (Wildman–Crippen LogP) is 4.90. The number of hydrogen-bond donors (Lipinski definition) is 1. The molecule has 0 spiro atoms. The van der Waals surface area contributed by atoms with Gasteiger partial charge in [-0.3, -0.25) is 4.79 Å². The Kier molecular flexibility index (Phi) is 7.77. The third-order valence-electron chi connectivity index (χ3n) is 5.60. The lowest BCUT2D eigenvalue weighted by Crippen LogP contribution is -2.41. The van der Waals surface area contributed by atoms with Gasteiger partial charge in [0.2, 0.25) is 0 Å². The van der Waals surface area contributed by atoms with Gasteiger partial charge in [0, 0.05) is 24.0 Å². The molecule has 30 heavy (non-hydrogen) atoms. The SMILES string of the molecule is CCNCC1CCN(C(=O)c2oc3ccccc3c2COc2ccccc2)CC1.Cl. The standard InChI is InChI=1S/C24H28N2O3.ClH/c1-2-25-16-18-12-14-26(15-13-18)24(27)23-21(17-28-19-8-4-3-5-9-19)20-10-6-7-11-22(20)29-23;/h3-11,18,25H,2,12-17H2,1H3;1H. The number of ether oxygens (including phenoxy) is 1. The van der Waals surface area contributed by atoms with Crippen molar-refractivity contribution >= 4 is 29.3 Å². The summed E-state index contributed by atoms with van der Waals surface area (Å²) in [6, 6.07) is 17.4. The maximum atomic E-state index is 13.3. The van der Waals surface area contributed by atoms with Gasteiger partial charge in [-0.25, -0.2) is 0 Å². The Bertz CT molecular complexity index is 949. The van der Waals surface area contributed by atoms with Crippen LogP contribution in [-0.2, 0) is 6.61 Å². The molecule has 1 saturated heterocycles. The number of para-hydroxylation sites is 2. The zero-order valence-electron chi connectivity index (χ0n) is 17.3. The first-order chi connectivity index (χ1) is 14.3. The highest BCUT2D eigenvalue weighted by Gasteiger charge is 2.28. The first-order valence-electron chi connectivity index (χ1n) is 10.4. The first-order valence-corrected chi connectivity index (χ1v) is 10.4. The Labute approximate surface area is 183 Å². The molecule has 0 radical (unpaired) electrons. The third-order valence-corrected chi connectivity index (χ3v) is 5.60. The summed E-state index contributed by atoms with van der Waals surface area (Å²) in [5.41, 5.74) is 1.55. The van der Waals surface area contributed by atoms with Gasteiger partial charge in [0.05, 0.1) is 0 Å². The zero-order valence-corrected chi connectivity index (χ0v) is 18.1. The van der Waals surface area contributed by atoms with Crippen molar-refractivity contribution < 1.29 is 13.9 Å². The number of nitrogens with one attached hydrogen (secondary N) is 1. The van der Waals surface area contributed by atoms with Crippen LogP contribution in [0.4, 0.5) is 0 Å². The van der Waals surface area contributed by atoms with E-state index in [0.29, 0.717) is 18.3 Å². The summed E-state index contributed by atoms with van der Waals surface area (Å²) in [7, 11) is 0. The van der Waals surface area contributed by atoms with Gasteiger partial charge >= 0.3 is 0 Å². The molecule has 160 valence electrons. The fourth-order valence-electron chi connectivity index (χ4n) is 3.92. The highest BCUT2D eigenvalue weighted by Crippen LogP contribution is 2.29. The van der Waals surface area contributed by atoms with Gasteiger partial charge in [-0.1, -0.05) is 43.3 Å². The van der Waals surface area contributed by atoms with Gasteiger partial charge < -0.3 is 19.4 Å². The molecule has 1 aromatic heterocycles. The minimum absolute atomic E-state index is 0. The van der Waals surface area contributed by atoms with E-state index in [9.17, 15) is 4.79 Å². The number of halogens is 1. The number of rotatable bonds is 7. The molecule has 1 aliphatic heterocycles. The fourth-order valence-corrected chi connectivity index (χ4v) is 3.92. The maximum absolute atomic E-state index is 13.3. The van der Waals surface area contributed by atoms with E-state index in [1.165, 1.54) is 0 Å². The van der Waals surface area contributed by atoms with E-state index >= 15 is 0 Å². The Morgan fingerprint density at radius 2 is 1.80 bits per heavy atom. The second kappa shape index (κ2) is 10.5. The van der Waals surface area contributed by atoms with Gasteiger partial charge in [-0.2, -0.15) is 0 Å². The number of carbonyl (C=O) groups is 1. The number of amides is 1.